The normalized spacial score (nSPS) is 14.1. The van der Waals surface area contributed by atoms with Crippen molar-refractivity contribution in [3.63, 3.8) is 0 Å². The van der Waals surface area contributed by atoms with E-state index in [1.165, 1.54) is 95.5 Å². The molecule has 2 nitrogen and oxygen atoms in total. The Kier molecular flexibility index (Phi) is 11.2. The standard InChI is InChI=1S/C30H50N2/c1-7-10-13-15-17-22-30(6,21-12-9-3)25-18-19-26-27(23-25)31-24-28(32-26)29(4,5)20-16-14-11-8-2/h18-19,23-24H,7-17,20-22H2,1-6H3. The maximum Gasteiger partial charge on any atom is 0.0890 e. The minimum Gasteiger partial charge on any atom is -0.253 e. The van der Waals surface area contributed by atoms with Crippen molar-refractivity contribution in [2.45, 2.75) is 142 Å². The van der Waals surface area contributed by atoms with E-state index in [4.69, 9.17) is 9.97 Å². The molecule has 2 aromatic rings. The molecule has 0 aliphatic carbocycles. The molecule has 0 amide bonds. The Hall–Kier alpha value is -1.44. The van der Waals surface area contributed by atoms with Gasteiger partial charge in [0, 0.05) is 11.6 Å². The van der Waals surface area contributed by atoms with Crippen LogP contribution in [0.25, 0.3) is 11.0 Å². The fraction of sp³-hybridized carbons (Fsp3) is 0.733. The largest absolute Gasteiger partial charge is 0.253 e. The predicted octanol–water partition coefficient (Wildman–Crippen LogP) is 9.69. The topological polar surface area (TPSA) is 25.8 Å². The summed E-state index contributed by atoms with van der Waals surface area (Å²) in [5, 5.41) is 0. The molecule has 2 rings (SSSR count). The molecule has 0 aliphatic heterocycles. The first-order chi connectivity index (χ1) is 15.4. The fourth-order valence-electron chi connectivity index (χ4n) is 4.93. The molecule has 0 radical (unpaired) electrons. The summed E-state index contributed by atoms with van der Waals surface area (Å²) in [4.78, 5) is 9.97. The van der Waals surface area contributed by atoms with Gasteiger partial charge in [0.05, 0.1) is 16.7 Å². The third kappa shape index (κ3) is 7.85. The average Bonchev–Trinajstić information content (AvgIpc) is 2.79. The van der Waals surface area contributed by atoms with Crippen molar-refractivity contribution in [1.82, 2.24) is 9.97 Å². The molecule has 1 atom stereocenters. The SMILES string of the molecule is CCCCCCCC(C)(CCCC)c1ccc2nc(C(C)(C)CCCCCC)cnc2c1. The summed E-state index contributed by atoms with van der Waals surface area (Å²) in [6.07, 6.45) is 20.3. The van der Waals surface area contributed by atoms with Crippen LogP contribution in [0.3, 0.4) is 0 Å². The summed E-state index contributed by atoms with van der Waals surface area (Å²) < 4.78 is 0. The Balaban J connectivity index is 2.18. The Morgan fingerprint density at radius 3 is 1.94 bits per heavy atom. The second kappa shape index (κ2) is 13.3. The van der Waals surface area contributed by atoms with Crippen molar-refractivity contribution < 1.29 is 0 Å². The van der Waals surface area contributed by atoms with Crippen molar-refractivity contribution in [3.05, 3.63) is 35.7 Å². The van der Waals surface area contributed by atoms with Crippen LogP contribution < -0.4 is 0 Å². The van der Waals surface area contributed by atoms with E-state index in [-0.39, 0.29) is 10.8 Å². The first kappa shape index (κ1) is 26.8. The van der Waals surface area contributed by atoms with Gasteiger partial charge in [0.2, 0.25) is 0 Å². The summed E-state index contributed by atoms with van der Waals surface area (Å²) in [5.41, 5.74) is 5.03. The molecule has 0 saturated carbocycles. The van der Waals surface area contributed by atoms with Gasteiger partial charge in [-0.15, -0.1) is 0 Å². The van der Waals surface area contributed by atoms with Gasteiger partial charge in [-0.3, -0.25) is 4.98 Å². The van der Waals surface area contributed by atoms with E-state index in [1.807, 2.05) is 6.20 Å². The highest BCUT2D eigenvalue weighted by Gasteiger charge is 2.27. The molecule has 1 aromatic carbocycles. The highest BCUT2D eigenvalue weighted by Crippen LogP contribution is 2.37. The molecule has 32 heavy (non-hydrogen) atoms. The Morgan fingerprint density at radius 2 is 1.25 bits per heavy atom. The van der Waals surface area contributed by atoms with Crippen LogP contribution in [-0.2, 0) is 10.8 Å². The van der Waals surface area contributed by atoms with Crippen LogP contribution >= 0.6 is 0 Å². The lowest BCUT2D eigenvalue weighted by molar-refractivity contribution is 0.368. The van der Waals surface area contributed by atoms with E-state index in [9.17, 15) is 0 Å². The summed E-state index contributed by atoms with van der Waals surface area (Å²) >= 11 is 0. The first-order valence-corrected chi connectivity index (χ1v) is 13.6. The van der Waals surface area contributed by atoms with Crippen molar-refractivity contribution in [1.29, 1.82) is 0 Å². The van der Waals surface area contributed by atoms with Crippen molar-refractivity contribution in [2.24, 2.45) is 0 Å². The quantitative estimate of drug-likeness (QED) is 0.244. The van der Waals surface area contributed by atoms with Gasteiger partial charge in [-0.1, -0.05) is 118 Å². The molecule has 1 aromatic heterocycles. The molecule has 0 bridgehead atoms. The smallest absolute Gasteiger partial charge is 0.0890 e. The predicted molar refractivity (Wildman–Crippen MR) is 142 cm³/mol. The van der Waals surface area contributed by atoms with Crippen LogP contribution in [-0.4, -0.2) is 9.97 Å². The van der Waals surface area contributed by atoms with Crippen LogP contribution in [0.1, 0.15) is 143 Å². The van der Waals surface area contributed by atoms with Crippen LogP contribution in [0, 0.1) is 0 Å². The third-order valence-electron chi connectivity index (χ3n) is 7.50. The molecule has 0 fully saturated rings. The van der Waals surface area contributed by atoms with Gasteiger partial charge in [0.1, 0.15) is 0 Å². The molecule has 0 spiro atoms. The Labute approximate surface area is 199 Å². The van der Waals surface area contributed by atoms with E-state index in [1.54, 1.807) is 0 Å². The molecule has 0 N–H and O–H groups in total. The van der Waals surface area contributed by atoms with Gasteiger partial charge >= 0.3 is 0 Å². The number of fused-ring (bicyclic) bond motifs is 1. The van der Waals surface area contributed by atoms with Crippen LogP contribution in [0.2, 0.25) is 0 Å². The van der Waals surface area contributed by atoms with Crippen molar-refractivity contribution in [2.75, 3.05) is 0 Å². The van der Waals surface area contributed by atoms with Gasteiger partial charge in [0.25, 0.3) is 0 Å². The number of hydrogen-bond donors (Lipinski definition) is 0. The number of rotatable bonds is 16. The first-order valence-electron chi connectivity index (χ1n) is 13.6. The fourth-order valence-corrected chi connectivity index (χ4v) is 4.93. The van der Waals surface area contributed by atoms with E-state index < -0.39 is 0 Å². The highest BCUT2D eigenvalue weighted by atomic mass is 14.8. The number of unbranched alkanes of at least 4 members (excludes halogenated alkanes) is 8. The molecular weight excluding hydrogens is 388 g/mol. The van der Waals surface area contributed by atoms with Crippen LogP contribution in [0.5, 0.6) is 0 Å². The molecule has 180 valence electrons. The molecular formula is C30H50N2. The molecule has 0 aliphatic rings. The van der Waals surface area contributed by atoms with E-state index in [0.29, 0.717) is 0 Å². The summed E-state index contributed by atoms with van der Waals surface area (Å²) in [6.45, 7) is 14.0. The summed E-state index contributed by atoms with van der Waals surface area (Å²) in [6, 6.07) is 6.91. The zero-order chi connectivity index (χ0) is 23.5. The zero-order valence-corrected chi connectivity index (χ0v) is 22.1. The van der Waals surface area contributed by atoms with Crippen LogP contribution in [0.4, 0.5) is 0 Å². The number of nitrogens with zero attached hydrogens (tertiary/aromatic N) is 2. The second-order valence-corrected chi connectivity index (χ2v) is 11.0. The molecule has 1 unspecified atom stereocenters. The second-order valence-electron chi connectivity index (χ2n) is 11.0. The summed E-state index contributed by atoms with van der Waals surface area (Å²) in [5.74, 6) is 0. The number of benzene rings is 1. The van der Waals surface area contributed by atoms with Gasteiger partial charge in [-0.2, -0.15) is 0 Å². The minimum absolute atomic E-state index is 0.0851. The Bertz CT molecular complexity index is 795. The monoisotopic (exact) mass is 438 g/mol. The van der Waals surface area contributed by atoms with Gasteiger partial charge < -0.3 is 0 Å². The van der Waals surface area contributed by atoms with E-state index in [0.717, 1.165) is 16.7 Å². The lowest BCUT2D eigenvalue weighted by atomic mass is 9.74. The van der Waals surface area contributed by atoms with Gasteiger partial charge in [0.15, 0.2) is 0 Å². The molecule has 1 heterocycles. The average molecular weight is 439 g/mol. The maximum atomic E-state index is 5.06. The lowest BCUT2D eigenvalue weighted by Gasteiger charge is -2.31. The Morgan fingerprint density at radius 1 is 0.656 bits per heavy atom. The zero-order valence-electron chi connectivity index (χ0n) is 22.1. The minimum atomic E-state index is 0.0851. The maximum absolute atomic E-state index is 5.06. The molecule has 0 saturated heterocycles. The number of hydrogen-bond acceptors (Lipinski definition) is 2. The van der Waals surface area contributed by atoms with E-state index >= 15 is 0 Å². The lowest BCUT2D eigenvalue weighted by Crippen LogP contribution is -2.22. The third-order valence-corrected chi connectivity index (χ3v) is 7.50. The van der Waals surface area contributed by atoms with Gasteiger partial charge in [-0.25, -0.2) is 4.98 Å². The van der Waals surface area contributed by atoms with Gasteiger partial charge in [-0.05, 0) is 42.4 Å². The molecule has 2 heteroatoms. The number of aromatic nitrogens is 2. The van der Waals surface area contributed by atoms with E-state index in [2.05, 4.69) is 59.7 Å². The highest BCUT2D eigenvalue weighted by molar-refractivity contribution is 5.75. The van der Waals surface area contributed by atoms with Crippen LogP contribution in [0.15, 0.2) is 24.4 Å². The van der Waals surface area contributed by atoms with Crippen molar-refractivity contribution >= 4 is 11.0 Å². The van der Waals surface area contributed by atoms with Crippen molar-refractivity contribution in [3.8, 4) is 0 Å². The summed E-state index contributed by atoms with van der Waals surface area (Å²) in [7, 11) is 0.